The zero-order chi connectivity index (χ0) is 24.0. The molecule has 1 unspecified atom stereocenters. The van der Waals surface area contributed by atoms with Crippen LogP contribution in [0.2, 0.25) is 0 Å². The molecule has 0 aliphatic carbocycles. The second kappa shape index (κ2) is 10.8. The molecule has 3 rings (SSSR count). The van der Waals surface area contributed by atoms with Crippen molar-refractivity contribution >= 4 is 11.8 Å². The maximum absolute atomic E-state index is 13.5. The fraction of sp³-hybridized carbons (Fsp3) is 0.320. The molecule has 0 saturated carbocycles. The number of halogens is 1. The molecule has 0 radical (unpaired) electrons. The van der Waals surface area contributed by atoms with E-state index in [9.17, 15) is 14.0 Å². The Morgan fingerprint density at radius 1 is 1.06 bits per heavy atom. The first-order valence-corrected chi connectivity index (χ1v) is 10.9. The minimum atomic E-state index is -0.785. The van der Waals surface area contributed by atoms with Gasteiger partial charge in [-0.2, -0.15) is 0 Å². The van der Waals surface area contributed by atoms with Gasteiger partial charge in [0.15, 0.2) is 0 Å². The van der Waals surface area contributed by atoms with Gasteiger partial charge in [-0.25, -0.2) is 9.37 Å². The van der Waals surface area contributed by atoms with Crippen LogP contribution in [-0.4, -0.2) is 34.0 Å². The van der Waals surface area contributed by atoms with Crippen LogP contribution in [0.3, 0.4) is 0 Å². The van der Waals surface area contributed by atoms with E-state index in [-0.39, 0.29) is 23.5 Å². The molecular formula is C25H29FN4O3. The molecule has 0 saturated heterocycles. The Hall–Kier alpha value is -3.68. The number of rotatable bonds is 9. The summed E-state index contributed by atoms with van der Waals surface area (Å²) in [5.74, 6) is 0.00165. The monoisotopic (exact) mass is 452 g/mol. The normalized spacial score (nSPS) is 12.8. The molecule has 8 heteroatoms. The quantitative estimate of drug-likeness (QED) is 0.519. The number of nitrogens with zero attached hydrogens (tertiary/aromatic N) is 2. The fourth-order valence-electron chi connectivity index (χ4n) is 3.47. The smallest absolute Gasteiger partial charge is 0.251 e. The molecule has 2 atom stereocenters. The summed E-state index contributed by atoms with van der Waals surface area (Å²) in [6.45, 7) is 6.13. The second-order valence-corrected chi connectivity index (χ2v) is 8.04. The Morgan fingerprint density at radius 3 is 2.27 bits per heavy atom. The minimum absolute atomic E-state index is 0.174. The number of hydrogen-bond acceptors (Lipinski definition) is 4. The van der Waals surface area contributed by atoms with E-state index >= 15 is 0 Å². The highest BCUT2D eigenvalue weighted by molar-refractivity contribution is 5.97. The number of aryl methyl sites for hydroxylation is 1. The lowest BCUT2D eigenvalue weighted by Gasteiger charge is -2.26. The van der Waals surface area contributed by atoms with Crippen molar-refractivity contribution in [3.05, 3.63) is 83.7 Å². The van der Waals surface area contributed by atoms with Gasteiger partial charge in [0, 0.05) is 25.0 Å². The molecule has 3 aromatic rings. The van der Waals surface area contributed by atoms with Crippen molar-refractivity contribution in [2.75, 3.05) is 6.61 Å². The number of hydrogen-bond donors (Lipinski definition) is 2. The number of aromatic nitrogens is 2. The average Bonchev–Trinajstić information content (AvgIpc) is 3.22. The van der Waals surface area contributed by atoms with Gasteiger partial charge >= 0.3 is 0 Å². The Kier molecular flexibility index (Phi) is 7.82. The second-order valence-electron chi connectivity index (χ2n) is 8.04. The van der Waals surface area contributed by atoms with E-state index in [1.165, 1.54) is 12.1 Å². The van der Waals surface area contributed by atoms with Crippen molar-refractivity contribution < 1.29 is 18.7 Å². The minimum Gasteiger partial charge on any atom is -0.494 e. The molecular weight excluding hydrogens is 423 g/mol. The van der Waals surface area contributed by atoms with E-state index in [0.29, 0.717) is 29.3 Å². The SMILES string of the molecule is CCOc1ccc(C(=O)N[C@@H](C(=O)NC(c2ccc(F)cc2)c2nccn2C)C(C)C)cc1. The molecule has 33 heavy (non-hydrogen) atoms. The van der Waals surface area contributed by atoms with Gasteiger partial charge < -0.3 is 19.9 Å². The first kappa shape index (κ1) is 24.0. The van der Waals surface area contributed by atoms with Crippen LogP contribution in [-0.2, 0) is 11.8 Å². The number of nitrogens with one attached hydrogen (secondary N) is 2. The molecule has 0 fully saturated rings. The first-order valence-electron chi connectivity index (χ1n) is 10.9. The third-order valence-corrected chi connectivity index (χ3v) is 5.27. The fourth-order valence-corrected chi connectivity index (χ4v) is 3.47. The van der Waals surface area contributed by atoms with Gasteiger partial charge in [-0.15, -0.1) is 0 Å². The van der Waals surface area contributed by atoms with Crippen LogP contribution < -0.4 is 15.4 Å². The Morgan fingerprint density at radius 2 is 1.73 bits per heavy atom. The Balaban J connectivity index is 1.80. The van der Waals surface area contributed by atoms with Gasteiger partial charge in [0.25, 0.3) is 5.91 Å². The number of amides is 2. The molecule has 1 heterocycles. The number of carbonyl (C=O) groups is 2. The molecule has 0 bridgehead atoms. The summed E-state index contributed by atoms with van der Waals surface area (Å²) >= 11 is 0. The predicted molar refractivity (Wildman–Crippen MR) is 123 cm³/mol. The van der Waals surface area contributed by atoms with Gasteiger partial charge in [0.1, 0.15) is 29.5 Å². The van der Waals surface area contributed by atoms with Crippen molar-refractivity contribution in [2.45, 2.75) is 32.9 Å². The van der Waals surface area contributed by atoms with Gasteiger partial charge in [0.2, 0.25) is 5.91 Å². The van der Waals surface area contributed by atoms with Gasteiger partial charge in [0.05, 0.1) is 6.61 Å². The lowest BCUT2D eigenvalue weighted by atomic mass is 10.0. The van der Waals surface area contributed by atoms with Crippen LogP contribution in [0.15, 0.2) is 60.9 Å². The molecule has 2 amide bonds. The summed E-state index contributed by atoms with van der Waals surface area (Å²) in [5, 5.41) is 5.81. The van der Waals surface area contributed by atoms with Crippen LogP contribution in [0.4, 0.5) is 4.39 Å². The van der Waals surface area contributed by atoms with Crippen LogP contribution in [0.25, 0.3) is 0 Å². The zero-order valence-corrected chi connectivity index (χ0v) is 19.2. The number of imidazole rings is 1. The molecule has 174 valence electrons. The Bertz CT molecular complexity index is 1080. The van der Waals surface area contributed by atoms with Crippen LogP contribution in [0.1, 0.15) is 48.6 Å². The van der Waals surface area contributed by atoms with Crippen molar-refractivity contribution in [1.29, 1.82) is 0 Å². The van der Waals surface area contributed by atoms with E-state index < -0.39 is 12.1 Å². The maximum atomic E-state index is 13.5. The summed E-state index contributed by atoms with van der Waals surface area (Å²) < 4.78 is 20.7. The molecule has 2 aromatic carbocycles. The lowest BCUT2D eigenvalue weighted by Crippen LogP contribution is -2.50. The number of benzene rings is 2. The maximum Gasteiger partial charge on any atom is 0.251 e. The van der Waals surface area contributed by atoms with E-state index in [1.54, 1.807) is 53.4 Å². The highest BCUT2D eigenvalue weighted by Crippen LogP contribution is 2.22. The summed E-state index contributed by atoms with van der Waals surface area (Å²) in [6, 6.07) is 11.2. The Labute approximate surface area is 193 Å². The average molecular weight is 453 g/mol. The lowest BCUT2D eigenvalue weighted by molar-refractivity contribution is -0.124. The van der Waals surface area contributed by atoms with Gasteiger partial charge in [-0.3, -0.25) is 9.59 Å². The number of carbonyl (C=O) groups excluding carboxylic acids is 2. The third-order valence-electron chi connectivity index (χ3n) is 5.27. The summed E-state index contributed by atoms with van der Waals surface area (Å²) in [7, 11) is 1.82. The van der Waals surface area contributed by atoms with Crippen molar-refractivity contribution in [3.8, 4) is 5.75 Å². The summed E-state index contributed by atoms with van der Waals surface area (Å²) in [5.41, 5.74) is 1.11. The third kappa shape index (κ3) is 5.97. The van der Waals surface area contributed by atoms with Gasteiger partial charge in [-0.1, -0.05) is 26.0 Å². The standard InChI is InChI=1S/C25H29FN4O3/c1-5-33-20-12-8-18(9-13-20)24(31)28-21(16(2)3)25(32)29-22(23-27-14-15-30(23)4)17-6-10-19(26)11-7-17/h6-16,21-22H,5H2,1-4H3,(H,28,31)(H,29,32)/t21-,22?/m1/s1. The highest BCUT2D eigenvalue weighted by atomic mass is 19.1. The van der Waals surface area contributed by atoms with E-state index in [1.807, 2.05) is 27.8 Å². The van der Waals surface area contributed by atoms with Gasteiger partial charge in [-0.05, 0) is 54.8 Å². The topological polar surface area (TPSA) is 85.2 Å². The highest BCUT2D eigenvalue weighted by Gasteiger charge is 2.29. The van der Waals surface area contributed by atoms with Crippen molar-refractivity contribution in [3.63, 3.8) is 0 Å². The molecule has 0 spiro atoms. The largest absolute Gasteiger partial charge is 0.494 e. The number of ether oxygens (including phenoxy) is 1. The summed E-state index contributed by atoms with van der Waals surface area (Å²) in [4.78, 5) is 30.5. The molecule has 1 aromatic heterocycles. The molecule has 2 N–H and O–H groups in total. The summed E-state index contributed by atoms with van der Waals surface area (Å²) in [6.07, 6.45) is 3.40. The van der Waals surface area contributed by atoms with Crippen LogP contribution in [0, 0.1) is 11.7 Å². The van der Waals surface area contributed by atoms with Crippen molar-refractivity contribution in [2.24, 2.45) is 13.0 Å². The first-order chi connectivity index (χ1) is 15.8. The van der Waals surface area contributed by atoms with E-state index in [2.05, 4.69) is 15.6 Å². The van der Waals surface area contributed by atoms with Crippen molar-refractivity contribution in [1.82, 2.24) is 20.2 Å². The van der Waals surface area contributed by atoms with E-state index in [4.69, 9.17) is 4.74 Å². The molecule has 0 aliphatic heterocycles. The van der Waals surface area contributed by atoms with Crippen LogP contribution >= 0.6 is 0 Å². The zero-order valence-electron chi connectivity index (χ0n) is 19.2. The van der Waals surface area contributed by atoms with Crippen LogP contribution in [0.5, 0.6) is 5.75 Å². The molecule has 7 nitrogen and oxygen atoms in total. The molecule has 0 aliphatic rings. The predicted octanol–water partition coefficient (Wildman–Crippen LogP) is 3.62. The van der Waals surface area contributed by atoms with E-state index in [0.717, 1.165) is 0 Å².